The lowest BCUT2D eigenvalue weighted by Gasteiger charge is -2.16. The number of benzene rings is 1. The summed E-state index contributed by atoms with van der Waals surface area (Å²) in [7, 11) is 0. The van der Waals surface area contributed by atoms with Crippen LogP contribution in [0.5, 0.6) is 0 Å². The number of carbonyl (C=O) groups excluding carboxylic acids is 2. The smallest absolute Gasteiger partial charge is 0.326 e. The number of nitrogen functional groups attached to an aromatic ring is 1. The Bertz CT molecular complexity index is 1460. The molecule has 2 amide bonds. The van der Waals surface area contributed by atoms with Gasteiger partial charge in [0.15, 0.2) is 17.0 Å². The zero-order chi connectivity index (χ0) is 30.1. The number of carboxylic acids is 3. The number of aromatic nitrogens is 4. The minimum absolute atomic E-state index is 0.164. The molecule has 16 heteroatoms. The minimum atomic E-state index is -1.44. The molecule has 3 rings (SSSR count). The standard InChI is InChI=1S/C25H28N8O8/c1-12-29-21(26)20-22(30-12)28-11-15(31-20)10-27-14-4-2-13(3-5-14)23(37)33-17(25(40)41)6-8-18(34)32-16(24(38)39)7-9-19(35)36/h2-5,11,16-17,27H,6-10H2,1H3,(H,32,34)(H,33,37)(H,35,36)(H,38,39)(H,40,41)(H2,26,28,29,30)/t16-,17-/m0/s1. The van der Waals surface area contributed by atoms with Gasteiger partial charge in [-0.1, -0.05) is 0 Å². The van der Waals surface area contributed by atoms with Crippen molar-refractivity contribution in [3.05, 3.63) is 47.5 Å². The van der Waals surface area contributed by atoms with Crippen LogP contribution in [0.3, 0.4) is 0 Å². The Labute approximate surface area is 232 Å². The molecule has 0 radical (unpaired) electrons. The molecular formula is C25H28N8O8. The number of aryl methyl sites for hydroxylation is 1. The van der Waals surface area contributed by atoms with Crippen molar-refractivity contribution < 1.29 is 39.3 Å². The molecule has 2 aromatic heterocycles. The minimum Gasteiger partial charge on any atom is -0.481 e. The molecule has 0 saturated heterocycles. The van der Waals surface area contributed by atoms with Crippen LogP contribution < -0.4 is 21.7 Å². The predicted molar refractivity (Wildman–Crippen MR) is 143 cm³/mol. The molecule has 0 aliphatic carbocycles. The summed E-state index contributed by atoms with van der Waals surface area (Å²) in [6, 6.07) is 3.30. The van der Waals surface area contributed by atoms with Gasteiger partial charge >= 0.3 is 17.9 Å². The zero-order valence-electron chi connectivity index (χ0n) is 21.8. The summed E-state index contributed by atoms with van der Waals surface area (Å²) >= 11 is 0. The topological polar surface area (TPSA) is 260 Å². The first kappa shape index (κ1) is 30.1. The van der Waals surface area contributed by atoms with Crippen molar-refractivity contribution in [1.29, 1.82) is 0 Å². The normalized spacial score (nSPS) is 12.2. The molecule has 0 bridgehead atoms. The zero-order valence-corrected chi connectivity index (χ0v) is 21.8. The number of aliphatic carboxylic acids is 3. The Balaban J connectivity index is 1.53. The third kappa shape index (κ3) is 8.81. The molecule has 2 atom stereocenters. The van der Waals surface area contributed by atoms with Crippen molar-refractivity contribution in [2.45, 2.75) is 51.2 Å². The van der Waals surface area contributed by atoms with Gasteiger partial charge in [-0.2, -0.15) is 0 Å². The summed E-state index contributed by atoms with van der Waals surface area (Å²) in [5.41, 5.74) is 8.05. The second kappa shape index (κ2) is 13.6. The molecule has 0 fully saturated rings. The first-order chi connectivity index (χ1) is 19.4. The molecule has 0 saturated carbocycles. The molecule has 41 heavy (non-hydrogen) atoms. The van der Waals surface area contributed by atoms with Crippen LogP contribution in [0.15, 0.2) is 30.5 Å². The van der Waals surface area contributed by atoms with Crippen molar-refractivity contribution in [1.82, 2.24) is 30.6 Å². The molecule has 2 heterocycles. The van der Waals surface area contributed by atoms with Crippen LogP contribution in [0.25, 0.3) is 11.2 Å². The third-order valence-electron chi connectivity index (χ3n) is 5.76. The first-order valence-electron chi connectivity index (χ1n) is 12.3. The van der Waals surface area contributed by atoms with Gasteiger partial charge in [0.2, 0.25) is 5.91 Å². The van der Waals surface area contributed by atoms with Crippen LogP contribution in [0.1, 0.15) is 47.6 Å². The lowest BCUT2D eigenvalue weighted by atomic mass is 10.1. The summed E-state index contributed by atoms with van der Waals surface area (Å²) in [6.45, 7) is 1.98. The average molecular weight is 569 g/mol. The molecule has 16 nitrogen and oxygen atoms in total. The Kier molecular flexibility index (Phi) is 9.99. The molecule has 0 aliphatic heterocycles. The van der Waals surface area contributed by atoms with Gasteiger partial charge in [0.25, 0.3) is 5.91 Å². The van der Waals surface area contributed by atoms with E-state index in [0.717, 1.165) is 0 Å². The van der Waals surface area contributed by atoms with Gasteiger partial charge in [0.1, 0.15) is 17.9 Å². The first-order valence-corrected chi connectivity index (χ1v) is 12.3. The molecular weight excluding hydrogens is 540 g/mol. The van der Waals surface area contributed by atoms with Crippen molar-refractivity contribution in [3.63, 3.8) is 0 Å². The van der Waals surface area contributed by atoms with Crippen LogP contribution in [0.4, 0.5) is 11.5 Å². The summed E-state index contributed by atoms with van der Waals surface area (Å²) in [6.07, 6.45) is 0.0134. The van der Waals surface area contributed by atoms with Gasteiger partial charge in [-0.3, -0.25) is 14.4 Å². The number of nitrogens with two attached hydrogens (primary N) is 1. The Hall–Kier alpha value is -5.41. The van der Waals surface area contributed by atoms with Crippen molar-refractivity contribution in [3.8, 4) is 0 Å². The summed E-state index contributed by atoms with van der Waals surface area (Å²) < 4.78 is 0. The highest BCUT2D eigenvalue weighted by Gasteiger charge is 2.24. The monoisotopic (exact) mass is 568 g/mol. The van der Waals surface area contributed by atoms with Gasteiger partial charge in [-0.15, -0.1) is 0 Å². The van der Waals surface area contributed by atoms with Crippen LogP contribution in [0, 0.1) is 6.92 Å². The lowest BCUT2D eigenvalue weighted by Crippen LogP contribution is -2.44. The van der Waals surface area contributed by atoms with E-state index < -0.39 is 54.6 Å². The van der Waals surface area contributed by atoms with E-state index in [0.29, 0.717) is 28.4 Å². The Morgan fingerprint density at radius 2 is 1.51 bits per heavy atom. The summed E-state index contributed by atoms with van der Waals surface area (Å²) in [5, 5.41) is 34.9. The average Bonchev–Trinajstić information content (AvgIpc) is 2.91. The largest absolute Gasteiger partial charge is 0.481 e. The van der Waals surface area contributed by atoms with Crippen LogP contribution in [-0.2, 0) is 25.7 Å². The van der Waals surface area contributed by atoms with Crippen molar-refractivity contribution in [2.75, 3.05) is 11.1 Å². The molecule has 1 aromatic carbocycles. The number of carboxylic acid groups (broad SMARTS) is 3. The summed E-state index contributed by atoms with van der Waals surface area (Å²) in [4.78, 5) is 75.2. The Morgan fingerprint density at radius 1 is 0.878 bits per heavy atom. The highest BCUT2D eigenvalue weighted by atomic mass is 16.4. The SMILES string of the molecule is Cc1nc(N)c2nc(CNc3ccc(C(=O)N[C@@H](CCC(=O)N[C@@H](CCC(=O)O)C(=O)O)C(=O)O)cc3)cnc2n1. The molecule has 0 unspecified atom stereocenters. The van der Waals surface area contributed by atoms with Gasteiger partial charge in [-0.05, 0) is 44.0 Å². The van der Waals surface area contributed by atoms with E-state index >= 15 is 0 Å². The number of carbonyl (C=O) groups is 5. The van der Waals surface area contributed by atoms with Gasteiger partial charge in [-0.25, -0.2) is 29.5 Å². The van der Waals surface area contributed by atoms with E-state index in [9.17, 15) is 29.1 Å². The number of amides is 2. The number of hydrogen-bond acceptors (Lipinski definition) is 11. The molecule has 3 aromatic rings. The van der Waals surface area contributed by atoms with E-state index in [-0.39, 0.29) is 30.8 Å². The Morgan fingerprint density at radius 3 is 2.15 bits per heavy atom. The number of nitrogens with zero attached hydrogens (tertiary/aromatic N) is 4. The van der Waals surface area contributed by atoms with Crippen LogP contribution in [-0.4, -0.2) is 77.1 Å². The van der Waals surface area contributed by atoms with E-state index in [1.165, 1.54) is 12.1 Å². The maximum absolute atomic E-state index is 12.6. The number of fused-ring (bicyclic) bond motifs is 1. The molecule has 8 N–H and O–H groups in total. The van der Waals surface area contributed by atoms with E-state index in [1.807, 2.05) is 0 Å². The third-order valence-corrected chi connectivity index (χ3v) is 5.76. The number of nitrogens with one attached hydrogen (secondary N) is 3. The maximum atomic E-state index is 12.6. The van der Waals surface area contributed by atoms with Gasteiger partial charge in [0.05, 0.1) is 18.4 Å². The fourth-order valence-electron chi connectivity index (χ4n) is 3.66. The fourth-order valence-corrected chi connectivity index (χ4v) is 3.66. The second-order valence-electron chi connectivity index (χ2n) is 8.91. The van der Waals surface area contributed by atoms with Crippen LogP contribution >= 0.6 is 0 Å². The maximum Gasteiger partial charge on any atom is 0.326 e. The van der Waals surface area contributed by atoms with Gasteiger partial charge in [0, 0.05) is 24.1 Å². The van der Waals surface area contributed by atoms with E-state index in [2.05, 4.69) is 35.9 Å². The van der Waals surface area contributed by atoms with Gasteiger partial charge < -0.3 is 37.0 Å². The highest BCUT2D eigenvalue weighted by Crippen LogP contribution is 2.15. The molecule has 0 aliphatic rings. The molecule has 216 valence electrons. The van der Waals surface area contributed by atoms with Crippen LogP contribution in [0.2, 0.25) is 0 Å². The van der Waals surface area contributed by atoms with Crippen molar-refractivity contribution >= 4 is 52.4 Å². The predicted octanol–water partition coefficient (Wildman–Crippen LogP) is 0.320. The highest BCUT2D eigenvalue weighted by molar-refractivity contribution is 5.97. The fraction of sp³-hybridized carbons (Fsp3) is 0.320. The summed E-state index contributed by atoms with van der Waals surface area (Å²) in [5.74, 6) is -4.81. The molecule has 0 spiro atoms. The number of rotatable bonds is 14. The second-order valence-corrected chi connectivity index (χ2v) is 8.91. The number of anilines is 2. The quantitative estimate of drug-likeness (QED) is 0.138. The lowest BCUT2D eigenvalue weighted by molar-refractivity contribution is -0.143. The van der Waals surface area contributed by atoms with Crippen molar-refractivity contribution in [2.24, 2.45) is 0 Å². The number of hydrogen-bond donors (Lipinski definition) is 7. The van der Waals surface area contributed by atoms with E-state index in [4.69, 9.17) is 15.9 Å². The van der Waals surface area contributed by atoms with E-state index in [1.54, 1.807) is 25.3 Å².